The lowest BCUT2D eigenvalue weighted by Gasteiger charge is -2.26. The Morgan fingerprint density at radius 3 is 2.83 bits per heavy atom. The number of para-hydroxylation sites is 1. The molecule has 0 aliphatic carbocycles. The topological polar surface area (TPSA) is 59.4 Å². The van der Waals surface area contributed by atoms with Gasteiger partial charge in [0.05, 0.1) is 17.1 Å². The molecule has 1 atom stereocenters. The second kappa shape index (κ2) is 5.85. The van der Waals surface area contributed by atoms with Crippen molar-refractivity contribution >= 4 is 26.6 Å². The number of benzene rings is 1. The van der Waals surface area contributed by atoms with E-state index in [0.717, 1.165) is 10.9 Å². The van der Waals surface area contributed by atoms with Crippen molar-refractivity contribution in [1.82, 2.24) is 9.47 Å². The van der Waals surface area contributed by atoms with E-state index < -0.39 is 9.84 Å². The summed E-state index contributed by atoms with van der Waals surface area (Å²) in [7, 11) is -1.15. The number of amides is 1. The number of aryl methyl sites for hydroxylation is 1. The van der Waals surface area contributed by atoms with Crippen LogP contribution >= 0.6 is 0 Å². The van der Waals surface area contributed by atoms with Gasteiger partial charge >= 0.3 is 0 Å². The Hall–Kier alpha value is -2.08. The number of carbonyl (C=O) groups excluding carboxylic acids is 1. The Bertz CT molecular complexity index is 867. The fourth-order valence-corrected chi connectivity index (χ4v) is 4.96. The standard InChI is InChI=1S/C17H20N2O3S/c1-3-9-19(13-8-10-23(21,22)12-13)17(20)15-11-18(2)16-7-5-4-6-14(15)16/h3-7,11,13H,1,8-10,12H2,2H3. The van der Waals surface area contributed by atoms with Crippen molar-refractivity contribution in [3.8, 4) is 0 Å². The molecule has 0 saturated carbocycles. The average molecular weight is 332 g/mol. The van der Waals surface area contributed by atoms with Gasteiger partial charge in [0.15, 0.2) is 9.84 Å². The minimum absolute atomic E-state index is 0.0390. The molecule has 1 unspecified atom stereocenters. The Labute approximate surface area is 136 Å². The molecule has 1 amide bonds. The van der Waals surface area contributed by atoms with Gasteiger partial charge in [0, 0.05) is 36.7 Å². The number of hydrogen-bond acceptors (Lipinski definition) is 3. The molecule has 2 heterocycles. The van der Waals surface area contributed by atoms with E-state index in [0.29, 0.717) is 18.5 Å². The van der Waals surface area contributed by atoms with Crippen molar-refractivity contribution in [2.45, 2.75) is 12.5 Å². The summed E-state index contributed by atoms with van der Waals surface area (Å²) in [5.41, 5.74) is 1.59. The molecule has 1 fully saturated rings. The molecule has 122 valence electrons. The first-order chi connectivity index (χ1) is 10.9. The first kappa shape index (κ1) is 15.8. The molecule has 5 nitrogen and oxygen atoms in total. The van der Waals surface area contributed by atoms with Crippen molar-refractivity contribution < 1.29 is 13.2 Å². The van der Waals surface area contributed by atoms with Crippen LogP contribution in [0.4, 0.5) is 0 Å². The average Bonchev–Trinajstić information content (AvgIpc) is 3.05. The van der Waals surface area contributed by atoms with Crippen LogP contribution in [0.3, 0.4) is 0 Å². The van der Waals surface area contributed by atoms with E-state index >= 15 is 0 Å². The second-order valence-electron chi connectivity index (χ2n) is 5.97. The van der Waals surface area contributed by atoms with Crippen LogP contribution in [0.5, 0.6) is 0 Å². The smallest absolute Gasteiger partial charge is 0.256 e. The van der Waals surface area contributed by atoms with Crippen LogP contribution in [-0.4, -0.2) is 47.9 Å². The van der Waals surface area contributed by atoms with Crippen molar-refractivity contribution in [2.75, 3.05) is 18.1 Å². The van der Waals surface area contributed by atoms with E-state index in [9.17, 15) is 13.2 Å². The zero-order valence-corrected chi connectivity index (χ0v) is 13.9. The summed E-state index contributed by atoms with van der Waals surface area (Å²) in [6, 6.07) is 7.44. The predicted molar refractivity (Wildman–Crippen MR) is 91.2 cm³/mol. The maximum atomic E-state index is 13.0. The Morgan fingerprint density at radius 2 is 2.17 bits per heavy atom. The molecule has 0 N–H and O–H groups in total. The largest absolute Gasteiger partial charge is 0.350 e. The van der Waals surface area contributed by atoms with Crippen LogP contribution in [-0.2, 0) is 16.9 Å². The van der Waals surface area contributed by atoms with E-state index in [-0.39, 0.29) is 23.5 Å². The minimum Gasteiger partial charge on any atom is -0.350 e. The van der Waals surface area contributed by atoms with Crippen LogP contribution in [0.25, 0.3) is 10.9 Å². The lowest BCUT2D eigenvalue weighted by Crippen LogP contribution is -2.41. The summed E-state index contributed by atoms with van der Waals surface area (Å²) in [6.07, 6.45) is 3.95. The van der Waals surface area contributed by atoms with Crippen LogP contribution in [0.15, 0.2) is 43.1 Å². The van der Waals surface area contributed by atoms with E-state index in [4.69, 9.17) is 0 Å². The second-order valence-corrected chi connectivity index (χ2v) is 8.20. The van der Waals surface area contributed by atoms with Crippen molar-refractivity contribution in [1.29, 1.82) is 0 Å². The molecule has 6 heteroatoms. The highest BCUT2D eigenvalue weighted by atomic mass is 32.2. The number of nitrogens with zero attached hydrogens (tertiary/aromatic N) is 2. The molecular formula is C17H20N2O3S. The van der Waals surface area contributed by atoms with Gasteiger partial charge in [-0.1, -0.05) is 24.3 Å². The minimum atomic E-state index is -3.05. The Kier molecular flexibility index (Phi) is 4.02. The molecule has 0 bridgehead atoms. The molecule has 1 aromatic heterocycles. The summed E-state index contributed by atoms with van der Waals surface area (Å²) >= 11 is 0. The quantitative estimate of drug-likeness (QED) is 0.805. The molecule has 2 aromatic rings. The van der Waals surface area contributed by atoms with Gasteiger partial charge in [0.1, 0.15) is 0 Å². The molecule has 0 spiro atoms. The third kappa shape index (κ3) is 2.91. The van der Waals surface area contributed by atoms with E-state index in [2.05, 4.69) is 6.58 Å². The van der Waals surface area contributed by atoms with Gasteiger partial charge in [0.2, 0.25) is 0 Å². The third-order valence-corrected chi connectivity index (χ3v) is 6.11. The number of rotatable bonds is 4. The van der Waals surface area contributed by atoms with Crippen LogP contribution in [0.2, 0.25) is 0 Å². The third-order valence-electron chi connectivity index (χ3n) is 4.36. The normalized spacial score (nSPS) is 19.8. The van der Waals surface area contributed by atoms with Crippen molar-refractivity contribution in [3.63, 3.8) is 0 Å². The number of fused-ring (bicyclic) bond motifs is 1. The predicted octanol–water partition coefficient (Wildman–Crippen LogP) is 1.99. The van der Waals surface area contributed by atoms with Gasteiger partial charge in [-0.15, -0.1) is 6.58 Å². The molecule has 0 radical (unpaired) electrons. The zero-order valence-electron chi connectivity index (χ0n) is 13.1. The van der Waals surface area contributed by atoms with E-state index in [1.807, 2.05) is 42.1 Å². The Balaban J connectivity index is 1.99. The molecular weight excluding hydrogens is 312 g/mol. The number of hydrogen-bond donors (Lipinski definition) is 0. The van der Waals surface area contributed by atoms with Crippen molar-refractivity contribution in [3.05, 3.63) is 48.7 Å². The number of sulfone groups is 1. The number of carbonyl (C=O) groups is 1. The van der Waals surface area contributed by atoms with Gasteiger partial charge < -0.3 is 9.47 Å². The van der Waals surface area contributed by atoms with Gasteiger partial charge in [-0.2, -0.15) is 0 Å². The summed E-state index contributed by atoms with van der Waals surface area (Å²) in [4.78, 5) is 14.7. The molecule has 1 aliphatic heterocycles. The molecule has 1 aromatic carbocycles. The van der Waals surface area contributed by atoms with Gasteiger partial charge in [-0.3, -0.25) is 4.79 Å². The zero-order chi connectivity index (χ0) is 16.6. The highest BCUT2D eigenvalue weighted by Crippen LogP contribution is 2.25. The summed E-state index contributed by atoms with van der Waals surface area (Å²) in [5.74, 6) is 0.0506. The van der Waals surface area contributed by atoms with Gasteiger partial charge in [-0.25, -0.2) is 8.42 Å². The Morgan fingerprint density at radius 1 is 1.43 bits per heavy atom. The first-order valence-corrected chi connectivity index (χ1v) is 9.41. The molecule has 1 saturated heterocycles. The summed E-state index contributed by atoms with van der Waals surface area (Å²) in [6.45, 7) is 4.05. The van der Waals surface area contributed by atoms with Gasteiger partial charge in [0.25, 0.3) is 5.91 Å². The van der Waals surface area contributed by atoms with E-state index in [1.165, 1.54) is 0 Å². The van der Waals surface area contributed by atoms with Crippen LogP contribution in [0, 0.1) is 0 Å². The van der Waals surface area contributed by atoms with Crippen LogP contribution in [0.1, 0.15) is 16.8 Å². The van der Waals surface area contributed by atoms with Gasteiger partial charge in [-0.05, 0) is 12.5 Å². The highest BCUT2D eigenvalue weighted by molar-refractivity contribution is 7.91. The molecule has 1 aliphatic rings. The van der Waals surface area contributed by atoms with Crippen LogP contribution < -0.4 is 0 Å². The first-order valence-electron chi connectivity index (χ1n) is 7.59. The number of aromatic nitrogens is 1. The SMILES string of the molecule is C=CCN(C(=O)c1cn(C)c2ccccc12)C1CCS(=O)(=O)C1. The summed E-state index contributed by atoms with van der Waals surface area (Å²) < 4.78 is 25.4. The monoisotopic (exact) mass is 332 g/mol. The fourth-order valence-electron chi connectivity index (χ4n) is 3.22. The lowest BCUT2D eigenvalue weighted by atomic mass is 10.1. The molecule has 23 heavy (non-hydrogen) atoms. The summed E-state index contributed by atoms with van der Waals surface area (Å²) in [5, 5.41) is 0.884. The van der Waals surface area contributed by atoms with Crippen molar-refractivity contribution in [2.24, 2.45) is 7.05 Å². The maximum absolute atomic E-state index is 13.0. The lowest BCUT2D eigenvalue weighted by molar-refractivity contribution is 0.0722. The molecule has 3 rings (SSSR count). The van der Waals surface area contributed by atoms with E-state index in [1.54, 1.807) is 11.0 Å². The maximum Gasteiger partial charge on any atom is 0.256 e. The fraction of sp³-hybridized carbons (Fsp3) is 0.353. The highest BCUT2D eigenvalue weighted by Gasteiger charge is 2.35.